The van der Waals surface area contributed by atoms with E-state index in [4.69, 9.17) is 5.73 Å². The topological polar surface area (TPSA) is 80.9 Å². The molecule has 1 saturated carbocycles. The Kier molecular flexibility index (Phi) is 7.03. The molecule has 0 saturated heterocycles. The van der Waals surface area contributed by atoms with Gasteiger partial charge in [0.25, 0.3) is 5.91 Å². The molecule has 1 amide bonds. The third-order valence-corrected chi connectivity index (χ3v) is 2.52. The standard InChI is InChI=1S/C10H14N4O.2ClH/c11-8(7-1-2-7)5-14-10(15)9-6-12-3-4-13-9;;/h3-4,6-8H,1-2,5,11H2,(H,14,15);2*1H. The maximum atomic E-state index is 11.5. The first-order valence-corrected chi connectivity index (χ1v) is 5.07. The predicted octanol–water partition coefficient (Wildman–Crippen LogP) is 0.787. The molecule has 1 aliphatic rings. The van der Waals surface area contributed by atoms with Crippen molar-refractivity contribution < 1.29 is 4.79 Å². The first kappa shape index (κ1) is 16.1. The smallest absolute Gasteiger partial charge is 0.271 e. The number of carbonyl (C=O) groups is 1. The summed E-state index contributed by atoms with van der Waals surface area (Å²) in [5, 5.41) is 2.75. The fourth-order valence-electron chi connectivity index (χ4n) is 1.41. The van der Waals surface area contributed by atoms with E-state index in [0.717, 1.165) is 0 Å². The van der Waals surface area contributed by atoms with Crippen molar-refractivity contribution in [3.05, 3.63) is 24.3 Å². The summed E-state index contributed by atoms with van der Waals surface area (Å²) >= 11 is 0. The number of amides is 1. The van der Waals surface area contributed by atoms with E-state index in [1.807, 2.05) is 0 Å². The molecule has 1 aromatic heterocycles. The number of nitrogens with two attached hydrogens (primary N) is 1. The van der Waals surface area contributed by atoms with Crippen LogP contribution in [-0.4, -0.2) is 28.5 Å². The molecule has 0 radical (unpaired) electrons. The van der Waals surface area contributed by atoms with Gasteiger partial charge < -0.3 is 11.1 Å². The molecule has 17 heavy (non-hydrogen) atoms. The Morgan fingerprint density at radius 2 is 2.18 bits per heavy atom. The van der Waals surface area contributed by atoms with Crippen LogP contribution in [0, 0.1) is 5.92 Å². The molecule has 0 aromatic carbocycles. The average molecular weight is 279 g/mol. The fraction of sp³-hybridized carbons (Fsp3) is 0.500. The zero-order valence-electron chi connectivity index (χ0n) is 9.20. The highest BCUT2D eigenvalue weighted by Crippen LogP contribution is 2.31. The van der Waals surface area contributed by atoms with Gasteiger partial charge in [-0.1, -0.05) is 0 Å². The molecular formula is C10H16Cl2N4O. The Morgan fingerprint density at radius 1 is 1.47 bits per heavy atom. The highest BCUT2D eigenvalue weighted by atomic mass is 35.5. The van der Waals surface area contributed by atoms with Crippen molar-refractivity contribution in [2.24, 2.45) is 11.7 Å². The highest BCUT2D eigenvalue weighted by Gasteiger charge is 2.28. The molecule has 1 unspecified atom stereocenters. The largest absolute Gasteiger partial charge is 0.349 e. The van der Waals surface area contributed by atoms with E-state index in [1.165, 1.54) is 31.4 Å². The number of hydrogen-bond donors (Lipinski definition) is 2. The quantitative estimate of drug-likeness (QED) is 0.853. The minimum absolute atomic E-state index is 0. The Morgan fingerprint density at radius 3 is 2.71 bits per heavy atom. The van der Waals surface area contributed by atoms with Crippen molar-refractivity contribution in [3.8, 4) is 0 Å². The fourth-order valence-corrected chi connectivity index (χ4v) is 1.41. The summed E-state index contributed by atoms with van der Waals surface area (Å²) in [7, 11) is 0. The molecular weight excluding hydrogens is 263 g/mol. The zero-order valence-corrected chi connectivity index (χ0v) is 10.8. The van der Waals surface area contributed by atoms with Crippen LogP contribution in [0.3, 0.4) is 0 Å². The van der Waals surface area contributed by atoms with Gasteiger partial charge in [0, 0.05) is 25.0 Å². The van der Waals surface area contributed by atoms with Crippen LogP contribution in [0.25, 0.3) is 0 Å². The Labute approximate surface area is 112 Å². The number of hydrogen-bond acceptors (Lipinski definition) is 4. The van der Waals surface area contributed by atoms with Crippen LogP contribution >= 0.6 is 24.8 Å². The Balaban J connectivity index is 0.00000128. The molecule has 3 N–H and O–H groups in total. The third kappa shape index (κ3) is 4.85. The number of rotatable bonds is 4. The monoisotopic (exact) mass is 278 g/mol. The van der Waals surface area contributed by atoms with Gasteiger partial charge in [-0.25, -0.2) is 4.98 Å². The van der Waals surface area contributed by atoms with Gasteiger partial charge in [-0.05, 0) is 18.8 Å². The maximum Gasteiger partial charge on any atom is 0.271 e. The molecule has 1 atom stereocenters. The number of aromatic nitrogens is 2. The lowest BCUT2D eigenvalue weighted by molar-refractivity contribution is 0.0945. The van der Waals surface area contributed by atoms with Gasteiger partial charge >= 0.3 is 0 Å². The Hall–Kier alpha value is -0.910. The molecule has 1 fully saturated rings. The minimum atomic E-state index is -0.209. The van der Waals surface area contributed by atoms with Gasteiger partial charge in [-0.15, -0.1) is 24.8 Å². The van der Waals surface area contributed by atoms with Crippen molar-refractivity contribution in [2.45, 2.75) is 18.9 Å². The predicted molar refractivity (Wildman–Crippen MR) is 69.6 cm³/mol. The van der Waals surface area contributed by atoms with Crippen LogP contribution in [0.1, 0.15) is 23.3 Å². The van der Waals surface area contributed by atoms with E-state index in [9.17, 15) is 4.79 Å². The van der Waals surface area contributed by atoms with E-state index in [1.54, 1.807) is 0 Å². The number of nitrogens with one attached hydrogen (secondary N) is 1. The molecule has 1 heterocycles. The van der Waals surface area contributed by atoms with Crippen LogP contribution in [0.2, 0.25) is 0 Å². The maximum absolute atomic E-state index is 11.5. The van der Waals surface area contributed by atoms with E-state index in [0.29, 0.717) is 18.2 Å². The molecule has 1 aromatic rings. The van der Waals surface area contributed by atoms with Crippen molar-refractivity contribution in [2.75, 3.05) is 6.54 Å². The van der Waals surface area contributed by atoms with E-state index in [-0.39, 0.29) is 36.8 Å². The lowest BCUT2D eigenvalue weighted by atomic mass is 10.2. The highest BCUT2D eigenvalue weighted by molar-refractivity contribution is 5.91. The number of carbonyl (C=O) groups excluding carboxylic acids is 1. The average Bonchev–Trinajstić information content (AvgIpc) is 3.10. The lowest BCUT2D eigenvalue weighted by Gasteiger charge is -2.10. The molecule has 0 bridgehead atoms. The minimum Gasteiger partial charge on any atom is -0.349 e. The van der Waals surface area contributed by atoms with Crippen molar-refractivity contribution in [1.82, 2.24) is 15.3 Å². The normalized spacial score (nSPS) is 15.1. The van der Waals surface area contributed by atoms with Crippen LogP contribution in [0.4, 0.5) is 0 Å². The number of nitrogens with zero attached hydrogens (tertiary/aromatic N) is 2. The molecule has 0 spiro atoms. The summed E-state index contributed by atoms with van der Waals surface area (Å²) in [6.45, 7) is 0.514. The van der Waals surface area contributed by atoms with Crippen molar-refractivity contribution in [3.63, 3.8) is 0 Å². The van der Waals surface area contributed by atoms with E-state index >= 15 is 0 Å². The van der Waals surface area contributed by atoms with Crippen LogP contribution < -0.4 is 11.1 Å². The molecule has 0 aliphatic heterocycles. The Bertz CT molecular complexity index is 345. The van der Waals surface area contributed by atoms with Gasteiger partial charge in [-0.2, -0.15) is 0 Å². The van der Waals surface area contributed by atoms with Gasteiger partial charge in [0.15, 0.2) is 0 Å². The lowest BCUT2D eigenvalue weighted by Crippen LogP contribution is -2.38. The second-order valence-corrected chi connectivity index (χ2v) is 3.80. The first-order valence-electron chi connectivity index (χ1n) is 5.07. The third-order valence-electron chi connectivity index (χ3n) is 2.52. The van der Waals surface area contributed by atoms with Crippen molar-refractivity contribution in [1.29, 1.82) is 0 Å². The summed E-state index contributed by atoms with van der Waals surface area (Å²) < 4.78 is 0. The summed E-state index contributed by atoms with van der Waals surface area (Å²) in [5.41, 5.74) is 6.19. The SMILES string of the molecule is Cl.Cl.NC(CNC(=O)c1cnccn1)C1CC1. The van der Waals surface area contributed by atoms with E-state index < -0.39 is 0 Å². The zero-order chi connectivity index (χ0) is 10.7. The number of halogens is 2. The second-order valence-electron chi connectivity index (χ2n) is 3.80. The molecule has 7 heteroatoms. The summed E-state index contributed by atoms with van der Waals surface area (Å²) in [6.07, 6.45) is 6.84. The summed E-state index contributed by atoms with van der Waals surface area (Å²) in [5.74, 6) is 0.381. The molecule has 2 rings (SSSR count). The van der Waals surface area contributed by atoms with Crippen LogP contribution in [-0.2, 0) is 0 Å². The molecule has 1 aliphatic carbocycles. The van der Waals surface area contributed by atoms with Crippen LogP contribution in [0.5, 0.6) is 0 Å². The van der Waals surface area contributed by atoms with Crippen LogP contribution in [0.15, 0.2) is 18.6 Å². The summed E-state index contributed by atoms with van der Waals surface area (Å²) in [6, 6.07) is 0.0746. The van der Waals surface area contributed by atoms with E-state index in [2.05, 4.69) is 15.3 Å². The molecule has 96 valence electrons. The summed E-state index contributed by atoms with van der Waals surface area (Å²) in [4.78, 5) is 19.3. The second kappa shape index (κ2) is 7.42. The van der Waals surface area contributed by atoms with Gasteiger partial charge in [0.05, 0.1) is 6.20 Å². The van der Waals surface area contributed by atoms with Gasteiger partial charge in [0.1, 0.15) is 5.69 Å². The first-order chi connectivity index (χ1) is 7.27. The van der Waals surface area contributed by atoms with Gasteiger partial charge in [-0.3, -0.25) is 9.78 Å². The van der Waals surface area contributed by atoms with Crippen molar-refractivity contribution >= 4 is 30.7 Å². The molecule has 5 nitrogen and oxygen atoms in total. The van der Waals surface area contributed by atoms with Gasteiger partial charge in [0.2, 0.25) is 0 Å².